The summed E-state index contributed by atoms with van der Waals surface area (Å²) in [4.78, 5) is 73.7. The van der Waals surface area contributed by atoms with Crippen molar-refractivity contribution in [3.63, 3.8) is 0 Å². The number of phenols is 2. The van der Waals surface area contributed by atoms with Crippen LogP contribution >= 0.6 is 34.7 Å². The number of anilines is 2. The molecule has 4 heterocycles. The van der Waals surface area contributed by atoms with Crippen molar-refractivity contribution in [2.75, 3.05) is 49.5 Å². The zero-order valence-electron chi connectivity index (χ0n) is 27.3. The molecule has 0 radical (unpaired) electrons. The van der Waals surface area contributed by atoms with Crippen LogP contribution in [0.2, 0.25) is 5.02 Å². The first-order valence-corrected chi connectivity index (χ1v) is 17.8. The third-order valence-corrected chi connectivity index (χ3v) is 11.0. The molecule has 51 heavy (non-hydrogen) atoms. The number of amides is 4. The number of urea groups is 1. The maximum atomic E-state index is 13.4. The molecule has 4 amide bonds. The molecule has 0 bridgehead atoms. The number of carboxylic acids is 2. The number of halogens is 1. The Hall–Kier alpha value is -4.79. The average Bonchev–Trinajstić information content (AvgIpc) is 3.72. The SMILES string of the molecule is CC(C)(O/N=C(\C(=O)N[C@@H]1C(=O)N2C(C(=O)[O-])=C(C[N+]3(CCNC(=O)Nc4ccc(O)c(O)c4Cl)CCCC3)CS[C@H]12)c1csc(N)n1)C(=O)O. The number of nitrogens with one attached hydrogen (secondary N) is 3. The lowest BCUT2D eigenvalue weighted by Crippen LogP contribution is -2.72. The largest absolute Gasteiger partial charge is 0.543 e. The van der Waals surface area contributed by atoms with E-state index in [2.05, 4.69) is 26.1 Å². The van der Waals surface area contributed by atoms with Crippen LogP contribution in [0, 0.1) is 0 Å². The van der Waals surface area contributed by atoms with Crippen LogP contribution in [0.25, 0.3) is 0 Å². The van der Waals surface area contributed by atoms with Crippen LogP contribution < -0.4 is 26.8 Å². The molecule has 5 rings (SSSR count). The van der Waals surface area contributed by atoms with E-state index in [4.69, 9.17) is 22.2 Å². The third kappa shape index (κ3) is 7.92. The zero-order valence-corrected chi connectivity index (χ0v) is 29.7. The summed E-state index contributed by atoms with van der Waals surface area (Å²) in [6.07, 6.45) is 1.74. The Bertz CT molecular complexity index is 1830. The van der Waals surface area contributed by atoms with E-state index in [0.29, 0.717) is 29.7 Å². The van der Waals surface area contributed by atoms with Crippen LogP contribution in [0.4, 0.5) is 15.6 Å². The van der Waals surface area contributed by atoms with Crippen LogP contribution in [-0.2, 0) is 24.0 Å². The molecule has 18 nitrogen and oxygen atoms in total. The van der Waals surface area contributed by atoms with Gasteiger partial charge in [-0.05, 0) is 26.0 Å². The first kappa shape index (κ1) is 37.5. The molecule has 2 aromatic rings. The number of aliphatic carboxylic acids is 2. The minimum atomic E-state index is -1.80. The van der Waals surface area contributed by atoms with Crippen molar-refractivity contribution in [1.82, 2.24) is 20.5 Å². The van der Waals surface area contributed by atoms with Crippen LogP contribution in [0.1, 0.15) is 32.4 Å². The predicted octanol–water partition coefficient (Wildman–Crippen LogP) is 0.210. The second-order valence-electron chi connectivity index (χ2n) is 12.6. The molecule has 0 saturated carbocycles. The van der Waals surface area contributed by atoms with Gasteiger partial charge in [-0.2, -0.15) is 0 Å². The molecular formula is C30H35ClN8O10S2. The first-order chi connectivity index (χ1) is 24.0. The number of fused-ring (bicyclic) bond motifs is 1. The van der Waals surface area contributed by atoms with Crippen molar-refractivity contribution in [3.8, 4) is 11.5 Å². The highest BCUT2D eigenvalue weighted by atomic mass is 35.5. The fourth-order valence-corrected chi connectivity index (χ4v) is 7.99. The summed E-state index contributed by atoms with van der Waals surface area (Å²) in [6.45, 7) is 4.79. The molecule has 0 aliphatic carbocycles. The lowest BCUT2D eigenvalue weighted by molar-refractivity contribution is -0.911. The molecular weight excluding hydrogens is 732 g/mol. The zero-order chi connectivity index (χ0) is 37.2. The Morgan fingerprint density at radius 3 is 2.57 bits per heavy atom. The average molecular weight is 767 g/mol. The van der Waals surface area contributed by atoms with Gasteiger partial charge in [-0.1, -0.05) is 16.8 Å². The van der Waals surface area contributed by atoms with Gasteiger partial charge in [0.15, 0.2) is 22.3 Å². The van der Waals surface area contributed by atoms with Crippen molar-refractivity contribution in [3.05, 3.63) is 39.5 Å². The molecule has 0 unspecified atom stereocenters. The summed E-state index contributed by atoms with van der Waals surface area (Å²) in [5.41, 5.74) is 3.79. The molecule has 21 heteroatoms. The number of aromatic hydroxyl groups is 2. The highest BCUT2D eigenvalue weighted by Crippen LogP contribution is 2.41. The van der Waals surface area contributed by atoms with E-state index >= 15 is 0 Å². The number of thioether (sulfide) groups is 1. The van der Waals surface area contributed by atoms with Gasteiger partial charge in [0.05, 0.1) is 43.5 Å². The number of hydrogen-bond acceptors (Lipinski definition) is 14. The fourth-order valence-electron chi connectivity index (χ4n) is 5.90. The number of thiazole rings is 1. The second-order valence-corrected chi connectivity index (χ2v) is 14.9. The molecule has 3 aliphatic heterocycles. The lowest BCUT2D eigenvalue weighted by Gasteiger charge is -2.51. The summed E-state index contributed by atoms with van der Waals surface area (Å²) < 4.78 is 0.448. The number of nitrogens with two attached hydrogens (primary N) is 1. The number of quaternary nitrogens is 1. The Balaban J connectivity index is 1.27. The highest BCUT2D eigenvalue weighted by molar-refractivity contribution is 8.00. The van der Waals surface area contributed by atoms with Gasteiger partial charge in [0.1, 0.15) is 28.7 Å². The fraction of sp³-hybridized carbons (Fsp3) is 0.433. The molecule has 1 aromatic heterocycles. The van der Waals surface area contributed by atoms with E-state index in [0.717, 1.165) is 29.1 Å². The molecule has 1 aromatic carbocycles. The van der Waals surface area contributed by atoms with Gasteiger partial charge < -0.3 is 56.2 Å². The van der Waals surface area contributed by atoms with Crippen LogP contribution in [0.5, 0.6) is 11.5 Å². The Morgan fingerprint density at radius 1 is 1.24 bits per heavy atom. The number of hydrogen-bond donors (Lipinski definition) is 7. The van der Waals surface area contributed by atoms with Crippen molar-refractivity contribution in [1.29, 1.82) is 0 Å². The van der Waals surface area contributed by atoms with Crippen LogP contribution in [-0.4, -0.2) is 121 Å². The molecule has 8 N–H and O–H groups in total. The van der Waals surface area contributed by atoms with E-state index in [1.54, 1.807) is 0 Å². The maximum absolute atomic E-state index is 13.4. The number of benzene rings is 1. The number of nitrogens with zero attached hydrogens (tertiary/aromatic N) is 4. The Kier molecular flexibility index (Phi) is 10.9. The number of carbonyl (C=O) groups is 5. The monoisotopic (exact) mass is 766 g/mol. The van der Waals surface area contributed by atoms with Gasteiger partial charge in [0, 0.05) is 29.5 Å². The minimum absolute atomic E-state index is 0.0104. The lowest BCUT2D eigenvalue weighted by atomic mass is 10.0. The Morgan fingerprint density at radius 2 is 1.94 bits per heavy atom. The predicted molar refractivity (Wildman–Crippen MR) is 184 cm³/mol. The normalized spacial score (nSPS) is 19.9. The standard InChI is InChI=1S/C30H35ClN8O10S2/c1-30(2,27(46)47)49-37-19(16-13-51-28(32)34-16)23(42)36-20-24(43)38-21(26(44)45)14(12-50-25(20)38)11-39(8-3-4-9-39)10-7-33-29(48)35-15-5-6-17(40)22(41)18(15)31/h5-6,13,20,25H,3-4,7-12H2,1-2H3,(H8-,32,33,34,35,36,37,40,41,42,44,45,46,47,48)/t20-,25-/m1/s1. The van der Waals surface area contributed by atoms with E-state index in [-0.39, 0.29) is 46.1 Å². The number of nitrogen functional groups attached to an aromatic ring is 1. The number of β-lactam (4-membered cyclic amide) rings is 1. The number of carbonyl (C=O) groups excluding carboxylic acids is 4. The highest BCUT2D eigenvalue weighted by Gasteiger charge is 2.54. The van der Waals surface area contributed by atoms with Crippen molar-refractivity contribution < 1.29 is 53.7 Å². The van der Waals surface area contributed by atoms with Gasteiger partial charge in [-0.15, -0.1) is 23.1 Å². The number of likely N-dealkylation sites (tertiary alicyclic amines) is 1. The van der Waals surface area contributed by atoms with E-state index in [1.165, 1.54) is 43.1 Å². The van der Waals surface area contributed by atoms with Gasteiger partial charge >= 0.3 is 12.0 Å². The molecule has 2 saturated heterocycles. The number of oxime groups is 1. The Labute approximate surface area is 303 Å². The van der Waals surface area contributed by atoms with Crippen LogP contribution in [0.3, 0.4) is 0 Å². The van der Waals surface area contributed by atoms with Gasteiger partial charge in [-0.25, -0.2) is 14.6 Å². The van der Waals surface area contributed by atoms with Gasteiger partial charge in [-0.3, -0.25) is 14.5 Å². The van der Waals surface area contributed by atoms with E-state index in [9.17, 15) is 44.4 Å². The molecule has 2 fully saturated rings. The van der Waals surface area contributed by atoms with Crippen molar-refractivity contribution in [2.24, 2.45) is 5.16 Å². The number of phenolic OH excluding ortho intramolecular Hbond substituents is 2. The number of aromatic nitrogens is 1. The minimum Gasteiger partial charge on any atom is -0.543 e. The maximum Gasteiger partial charge on any atom is 0.350 e. The quantitative estimate of drug-likeness (QED) is 0.0359. The first-order valence-electron chi connectivity index (χ1n) is 15.5. The summed E-state index contributed by atoms with van der Waals surface area (Å²) in [6, 6.07) is 0.768. The molecule has 2 atom stereocenters. The van der Waals surface area contributed by atoms with Gasteiger partial charge in [0.25, 0.3) is 11.8 Å². The summed E-state index contributed by atoms with van der Waals surface area (Å²) in [5.74, 6) is -5.26. The van der Waals surface area contributed by atoms with Gasteiger partial charge in [0.2, 0.25) is 5.60 Å². The topological polar surface area (TPSA) is 269 Å². The van der Waals surface area contributed by atoms with Crippen molar-refractivity contribution in [2.45, 2.75) is 43.7 Å². The number of rotatable bonds is 13. The van der Waals surface area contributed by atoms with Crippen LogP contribution in [0.15, 0.2) is 33.9 Å². The summed E-state index contributed by atoms with van der Waals surface area (Å²) in [5, 5.41) is 53.3. The molecule has 0 spiro atoms. The summed E-state index contributed by atoms with van der Waals surface area (Å²) in [7, 11) is 0. The number of carboxylic acid groups (broad SMARTS) is 2. The van der Waals surface area contributed by atoms with E-state index < -0.39 is 64.0 Å². The summed E-state index contributed by atoms with van der Waals surface area (Å²) >= 11 is 8.26. The second kappa shape index (κ2) is 14.8. The molecule has 3 aliphatic rings. The smallest absolute Gasteiger partial charge is 0.350 e. The molecule has 274 valence electrons. The van der Waals surface area contributed by atoms with Crippen molar-refractivity contribution >= 4 is 81.0 Å². The third-order valence-electron chi connectivity index (χ3n) is 8.64. The van der Waals surface area contributed by atoms with E-state index in [1.807, 2.05) is 0 Å².